The van der Waals surface area contributed by atoms with E-state index < -0.39 is 5.54 Å². The lowest BCUT2D eigenvalue weighted by atomic mass is 9.93. The Morgan fingerprint density at radius 2 is 2.10 bits per heavy atom. The van der Waals surface area contributed by atoms with Crippen molar-refractivity contribution in [3.05, 3.63) is 24.3 Å². The second-order valence-corrected chi connectivity index (χ2v) is 5.61. The van der Waals surface area contributed by atoms with E-state index in [9.17, 15) is 4.79 Å². The fourth-order valence-electron chi connectivity index (χ4n) is 2.60. The highest BCUT2D eigenvalue weighted by molar-refractivity contribution is 5.98. The lowest BCUT2D eigenvalue weighted by molar-refractivity contribution is -0.122. The van der Waals surface area contributed by atoms with Crippen molar-refractivity contribution in [2.24, 2.45) is 0 Å². The normalized spacial score (nSPS) is 22.0. The quantitative estimate of drug-likeness (QED) is 0.869. The van der Waals surface area contributed by atoms with Gasteiger partial charge >= 0.3 is 0 Å². The van der Waals surface area contributed by atoms with Crippen molar-refractivity contribution in [3.8, 4) is 5.75 Å². The molecule has 1 aromatic rings. The zero-order valence-corrected chi connectivity index (χ0v) is 12.5. The third-order valence-corrected chi connectivity index (χ3v) is 3.77. The Bertz CT molecular complexity index is 448. The molecule has 4 heteroatoms. The molecule has 0 aromatic heterocycles. The third kappa shape index (κ3) is 3.31. The second-order valence-electron chi connectivity index (χ2n) is 5.61. The number of carbonyl (C=O) groups excluding carboxylic acids is 1. The van der Waals surface area contributed by atoms with Crippen LogP contribution in [0.5, 0.6) is 5.75 Å². The van der Waals surface area contributed by atoms with Crippen molar-refractivity contribution in [3.63, 3.8) is 0 Å². The van der Waals surface area contributed by atoms with Crippen LogP contribution in [0.25, 0.3) is 0 Å². The van der Waals surface area contributed by atoms with Gasteiger partial charge in [0.2, 0.25) is 5.91 Å². The molecule has 1 aliphatic rings. The molecule has 0 spiro atoms. The van der Waals surface area contributed by atoms with Gasteiger partial charge in [0.05, 0.1) is 11.6 Å². The summed E-state index contributed by atoms with van der Waals surface area (Å²) in [6.07, 6.45) is 2.93. The maximum absolute atomic E-state index is 12.4. The zero-order valence-electron chi connectivity index (χ0n) is 12.5. The monoisotopic (exact) mass is 276 g/mol. The Kier molecular flexibility index (Phi) is 4.65. The number of hydrogen-bond acceptors (Lipinski definition) is 3. The van der Waals surface area contributed by atoms with Crippen LogP contribution in [0.1, 0.15) is 40.0 Å². The molecule has 1 fully saturated rings. The van der Waals surface area contributed by atoms with E-state index in [0.717, 1.165) is 37.2 Å². The third-order valence-electron chi connectivity index (χ3n) is 3.77. The molecule has 1 amide bonds. The Morgan fingerprint density at radius 3 is 2.60 bits per heavy atom. The van der Waals surface area contributed by atoms with Gasteiger partial charge in [-0.1, -0.05) is 6.92 Å². The second kappa shape index (κ2) is 6.27. The first-order chi connectivity index (χ1) is 9.55. The topological polar surface area (TPSA) is 50.4 Å². The van der Waals surface area contributed by atoms with Crippen LogP contribution in [0.3, 0.4) is 0 Å². The van der Waals surface area contributed by atoms with Crippen LogP contribution in [-0.4, -0.2) is 24.1 Å². The summed E-state index contributed by atoms with van der Waals surface area (Å²) in [6.45, 7) is 6.96. The summed E-state index contributed by atoms with van der Waals surface area (Å²) in [5, 5.41) is 6.34. The lowest BCUT2D eigenvalue weighted by Gasteiger charge is -2.26. The van der Waals surface area contributed by atoms with Crippen molar-refractivity contribution >= 4 is 11.6 Å². The van der Waals surface area contributed by atoms with E-state index in [0.29, 0.717) is 0 Å². The Balaban J connectivity index is 2.00. The van der Waals surface area contributed by atoms with Crippen LogP contribution in [0.4, 0.5) is 5.69 Å². The van der Waals surface area contributed by atoms with E-state index >= 15 is 0 Å². The molecule has 1 aromatic carbocycles. The molecule has 110 valence electrons. The molecule has 0 radical (unpaired) electrons. The van der Waals surface area contributed by atoms with Gasteiger partial charge in [-0.05, 0) is 63.9 Å². The maximum atomic E-state index is 12.4. The molecule has 4 nitrogen and oxygen atoms in total. The molecule has 1 heterocycles. The van der Waals surface area contributed by atoms with E-state index in [2.05, 4.69) is 17.6 Å². The minimum Gasteiger partial charge on any atom is -0.491 e. The van der Waals surface area contributed by atoms with Gasteiger partial charge in [0.15, 0.2) is 0 Å². The predicted octanol–water partition coefficient (Wildman–Crippen LogP) is 2.94. The highest BCUT2D eigenvalue weighted by Crippen LogP contribution is 2.25. The summed E-state index contributed by atoms with van der Waals surface area (Å²) in [5.41, 5.74) is 0.417. The van der Waals surface area contributed by atoms with Gasteiger partial charge in [-0.15, -0.1) is 0 Å². The largest absolute Gasteiger partial charge is 0.491 e. The number of carbonyl (C=O) groups is 1. The van der Waals surface area contributed by atoms with E-state index in [1.807, 2.05) is 38.1 Å². The Morgan fingerprint density at radius 1 is 1.40 bits per heavy atom. The summed E-state index contributed by atoms with van der Waals surface area (Å²) in [6, 6.07) is 7.54. The molecule has 1 saturated heterocycles. The van der Waals surface area contributed by atoms with E-state index in [1.54, 1.807) is 0 Å². The van der Waals surface area contributed by atoms with Crippen LogP contribution in [-0.2, 0) is 4.79 Å². The van der Waals surface area contributed by atoms with Crippen molar-refractivity contribution in [2.45, 2.75) is 51.7 Å². The van der Waals surface area contributed by atoms with Crippen LogP contribution in [0.2, 0.25) is 0 Å². The Labute approximate surface area is 120 Å². The molecule has 0 bridgehead atoms. The summed E-state index contributed by atoms with van der Waals surface area (Å²) in [4.78, 5) is 12.4. The minimum absolute atomic E-state index is 0.0648. The van der Waals surface area contributed by atoms with Gasteiger partial charge in [-0.2, -0.15) is 0 Å². The molecule has 0 saturated carbocycles. The van der Waals surface area contributed by atoms with Gasteiger partial charge in [-0.3, -0.25) is 4.79 Å². The van der Waals surface area contributed by atoms with Gasteiger partial charge in [0, 0.05) is 5.69 Å². The Hall–Kier alpha value is -1.55. The van der Waals surface area contributed by atoms with Crippen molar-refractivity contribution < 1.29 is 9.53 Å². The minimum atomic E-state index is -0.396. The smallest absolute Gasteiger partial charge is 0.244 e. The molecule has 1 atom stereocenters. The lowest BCUT2D eigenvalue weighted by Crippen LogP contribution is -2.50. The highest BCUT2D eigenvalue weighted by atomic mass is 16.5. The number of benzene rings is 1. The van der Waals surface area contributed by atoms with Crippen LogP contribution in [0, 0.1) is 0 Å². The summed E-state index contributed by atoms with van der Waals surface area (Å²) >= 11 is 0. The van der Waals surface area contributed by atoms with Crippen molar-refractivity contribution in [2.75, 3.05) is 11.9 Å². The first-order valence-corrected chi connectivity index (χ1v) is 7.39. The molecular weight excluding hydrogens is 252 g/mol. The SMILES string of the molecule is CCC1(C(=O)Nc2ccc(OC(C)C)cc2)CCCN1. The van der Waals surface area contributed by atoms with Crippen molar-refractivity contribution in [1.82, 2.24) is 5.32 Å². The molecule has 0 aliphatic carbocycles. The molecule has 2 rings (SSSR count). The summed E-state index contributed by atoms with van der Waals surface area (Å²) < 4.78 is 5.59. The van der Waals surface area contributed by atoms with Crippen molar-refractivity contribution in [1.29, 1.82) is 0 Å². The summed E-state index contributed by atoms with van der Waals surface area (Å²) in [5.74, 6) is 0.886. The first kappa shape index (κ1) is 14.9. The first-order valence-electron chi connectivity index (χ1n) is 7.39. The molecule has 1 unspecified atom stereocenters. The molecular formula is C16H24N2O2. The van der Waals surface area contributed by atoms with Crippen LogP contribution in [0.15, 0.2) is 24.3 Å². The summed E-state index contributed by atoms with van der Waals surface area (Å²) in [7, 11) is 0. The van der Waals surface area contributed by atoms with Gasteiger partial charge in [0.1, 0.15) is 5.75 Å². The van der Waals surface area contributed by atoms with Gasteiger partial charge < -0.3 is 15.4 Å². The number of ether oxygens (including phenoxy) is 1. The van der Waals surface area contributed by atoms with Crippen LogP contribution < -0.4 is 15.4 Å². The fourth-order valence-corrected chi connectivity index (χ4v) is 2.60. The molecule has 2 N–H and O–H groups in total. The highest BCUT2D eigenvalue weighted by Gasteiger charge is 2.38. The van der Waals surface area contributed by atoms with Gasteiger partial charge in [0.25, 0.3) is 0 Å². The van der Waals surface area contributed by atoms with E-state index in [1.165, 1.54) is 0 Å². The van der Waals surface area contributed by atoms with Gasteiger partial charge in [-0.25, -0.2) is 0 Å². The zero-order chi connectivity index (χ0) is 14.6. The fraction of sp³-hybridized carbons (Fsp3) is 0.562. The van der Waals surface area contributed by atoms with Crippen LogP contribution >= 0.6 is 0 Å². The van der Waals surface area contributed by atoms with E-state index in [-0.39, 0.29) is 12.0 Å². The number of nitrogens with one attached hydrogen (secondary N) is 2. The number of amides is 1. The number of anilines is 1. The maximum Gasteiger partial charge on any atom is 0.244 e. The standard InChI is InChI=1S/C16H24N2O2/c1-4-16(10-5-11-17-16)15(19)18-13-6-8-14(9-7-13)20-12(2)3/h6-9,12,17H,4-5,10-11H2,1-3H3,(H,18,19). The predicted molar refractivity (Wildman–Crippen MR) is 81.1 cm³/mol. The number of rotatable bonds is 5. The number of hydrogen-bond donors (Lipinski definition) is 2. The molecule has 20 heavy (non-hydrogen) atoms. The average molecular weight is 276 g/mol. The molecule has 1 aliphatic heterocycles. The van der Waals surface area contributed by atoms with E-state index in [4.69, 9.17) is 4.74 Å². The average Bonchev–Trinajstić information content (AvgIpc) is 2.90.